The van der Waals surface area contributed by atoms with Gasteiger partial charge in [-0.2, -0.15) is 0 Å². The van der Waals surface area contributed by atoms with Gasteiger partial charge in [0.2, 0.25) is 0 Å². The van der Waals surface area contributed by atoms with Gasteiger partial charge < -0.3 is 9.84 Å². The summed E-state index contributed by atoms with van der Waals surface area (Å²) in [4.78, 5) is 0. The van der Waals surface area contributed by atoms with Crippen molar-refractivity contribution in [3.8, 4) is 0 Å². The van der Waals surface area contributed by atoms with Crippen LogP contribution in [0.4, 0.5) is 0 Å². The molecule has 116 valence electrons. The number of ether oxygens (including phenoxy) is 1. The van der Waals surface area contributed by atoms with Crippen molar-refractivity contribution in [1.82, 2.24) is 0 Å². The standard InChI is InChI=1S/C17H22Br2O2/c18-13-4-5-14(15(19)10-13)16(20)12-6-9-21-17(11-12)7-2-1-3-8-17/h4-5,10,12,16,20H,1-3,6-9,11H2. The van der Waals surface area contributed by atoms with E-state index in [4.69, 9.17) is 4.74 Å². The van der Waals surface area contributed by atoms with Crippen LogP contribution >= 0.6 is 31.9 Å². The first kappa shape index (κ1) is 16.0. The van der Waals surface area contributed by atoms with Gasteiger partial charge in [-0.25, -0.2) is 0 Å². The van der Waals surface area contributed by atoms with E-state index < -0.39 is 6.10 Å². The molecule has 21 heavy (non-hydrogen) atoms. The molecule has 3 rings (SSSR count). The molecule has 1 saturated heterocycles. The second kappa shape index (κ2) is 6.69. The van der Waals surface area contributed by atoms with Crippen LogP contribution in [0.2, 0.25) is 0 Å². The van der Waals surface area contributed by atoms with Crippen LogP contribution in [0.25, 0.3) is 0 Å². The first-order valence-electron chi connectivity index (χ1n) is 7.87. The van der Waals surface area contributed by atoms with Crippen LogP contribution in [0.3, 0.4) is 0 Å². The Morgan fingerprint density at radius 1 is 1.19 bits per heavy atom. The Labute approximate surface area is 143 Å². The molecule has 1 aliphatic carbocycles. The molecular formula is C17H22Br2O2. The van der Waals surface area contributed by atoms with Crippen LogP contribution < -0.4 is 0 Å². The fourth-order valence-corrected chi connectivity index (χ4v) is 5.16. The van der Waals surface area contributed by atoms with E-state index in [1.807, 2.05) is 18.2 Å². The summed E-state index contributed by atoms with van der Waals surface area (Å²) in [5.74, 6) is 0.300. The Hall–Kier alpha value is 0.1000. The number of rotatable bonds is 2. The SMILES string of the molecule is OC(c1ccc(Br)cc1Br)C1CCOC2(CCCCC2)C1. The maximum absolute atomic E-state index is 10.8. The van der Waals surface area contributed by atoms with Crippen molar-refractivity contribution in [2.24, 2.45) is 5.92 Å². The largest absolute Gasteiger partial charge is 0.388 e. The smallest absolute Gasteiger partial charge is 0.0831 e. The van der Waals surface area contributed by atoms with E-state index in [9.17, 15) is 5.11 Å². The molecule has 2 aliphatic rings. The number of aliphatic hydroxyl groups is 1. The summed E-state index contributed by atoms with van der Waals surface area (Å²) in [5.41, 5.74) is 1.04. The zero-order valence-electron chi connectivity index (χ0n) is 12.2. The average Bonchev–Trinajstić information content (AvgIpc) is 2.47. The molecule has 0 radical (unpaired) electrons. The Morgan fingerprint density at radius 3 is 2.67 bits per heavy atom. The summed E-state index contributed by atoms with van der Waals surface area (Å²) in [6.07, 6.45) is 7.74. The van der Waals surface area contributed by atoms with Crippen LogP contribution in [0.1, 0.15) is 56.6 Å². The van der Waals surface area contributed by atoms with Crippen molar-refractivity contribution in [3.63, 3.8) is 0 Å². The Balaban J connectivity index is 1.76. The van der Waals surface area contributed by atoms with Crippen LogP contribution in [0, 0.1) is 5.92 Å². The van der Waals surface area contributed by atoms with Gasteiger partial charge in [-0.1, -0.05) is 57.2 Å². The first-order chi connectivity index (χ1) is 10.1. The van der Waals surface area contributed by atoms with Crippen molar-refractivity contribution in [2.45, 2.75) is 56.7 Å². The van der Waals surface area contributed by atoms with Crippen LogP contribution in [-0.4, -0.2) is 17.3 Å². The molecule has 2 fully saturated rings. The zero-order valence-corrected chi connectivity index (χ0v) is 15.3. The Kier molecular flexibility index (Phi) is 5.09. The van der Waals surface area contributed by atoms with Crippen molar-refractivity contribution < 1.29 is 9.84 Å². The lowest BCUT2D eigenvalue weighted by molar-refractivity contribution is -0.134. The number of halogens is 2. The number of hydrogen-bond acceptors (Lipinski definition) is 2. The van der Waals surface area contributed by atoms with Gasteiger partial charge in [0.1, 0.15) is 0 Å². The van der Waals surface area contributed by atoms with Crippen LogP contribution in [0.5, 0.6) is 0 Å². The van der Waals surface area contributed by atoms with Gasteiger partial charge in [0.05, 0.1) is 11.7 Å². The zero-order chi connectivity index (χ0) is 14.9. The quantitative estimate of drug-likeness (QED) is 0.700. The van der Waals surface area contributed by atoms with E-state index in [0.717, 1.165) is 46.8 Å². The third-order valence-electron chi connectivity index (χ3n) is 5.02. The van der Waals surface area contributed by atoms with Crippen molar-refractivity contribution in [2.75, 3.05) is 6.61 Å². The van der Waals surface area contributed by atoms with Gasteiger partial charge in [0, 0.05) is 15.6 Å². The normalized spacial score (nSPS) is 26.7. The topological polar surface area (TPSA) is 29.5 Å². The minimum Gasteiger partial charge on any atom is -0.388 e. The summed E-state index contributed by atoms with van der Waals surface area (Å²) in [6, 6.07) is 6.02. The third-order valence-corrected chi connectivity index (χ3v) is 6.20. The molecule has 1 aromatic carbocycles. The second-order valence-corrected chi connectivity index (χ2v) is 8.23. The Bertz CT molecular complexity index is 492. The molecule has 2 atom stereocenters. The molecule has 2 unspecified atom stereocenters. The monoisotopic (exact) mass is 416 g/mol. The summed E-state index contributed by atoms with van der Waals surface area (Å²) < 4.78 is 8.15. The minimum atomic E-state index is -0.407. The minimum absolute atomic E-state index is 0.0456. The average molecular weight is 418 g/mol. The highest BCUT2D eigenvalue weighted by molar-refractivity contribution is 9.11. The van der Waals surface area contributed by atoms with Gasteiger partial charge in [0.15, 0.2) is 0 Å². The maximum Gasteiger partial charge on any atom is 0.0831 e. The number of hydrogen-bond donors (Lipinski definition) is 1. The van der Waals surface area contributed by atoms with Crippen LogP contribution in [0.15, 0.2) is 27.1 Å². The van der Waals surface area contributed by atoms with E-state index in [1.165, 1.54) is 19.3 Å². The van der Waals surface area contributed by atoms with Gasteiger partial charge in [-0.05, 0) is 49.3 Å². The lowest BCUT2D eigenvalue weighted by Crippen LogP contribution is -2.42. The predicted molar refractivity (Wildman–Crippen MR) is 91.3 cm³/mol. The van der Waals surface area contributed by atoms with E-state index in [2.05, 4.69) is 31.9 Å². The van der Waals surface area contributed by atoms with Crippen molar-refractivity contribution >= 4 is 31.9 Å². The van der Waals surface area contributed by atoms with Crippen LogP contribution in [-0.2, 0) is 4.74 Å². The highest BCUT2D eigenvalue weighted by Crippen LogP contribution is 2.45. The molecule has 2 nitrogen and oxygen atoms in total. The lowest BCUT2D eigenvalue weighted by atomic mass is 9.74. The van der Waals surface area contributed by atoms with Crippen molar-refractivity contribution in [3.05, 3.63) is 32.7 Å². The molecule has 1 spiro atoms. The molecule has 1 aromatic rings. The fraction of sp³-hybridized carbons (Fsp3) is 0.647. The molecule has 1 aliphatic heterocycles. The first-order valence-corrected chi connectivity index (χ1v) is 9.45. The maximum atomic E-state index is 10.8. The highest BCUT2D eigenvalue weighted by atomic mass is 79.9. The Morgan fingerprint density at radius 2 is 1.95 bits per heavy atom. The van der Waals surface area contributed by atoms with Gasteiger partial charge in [0.25, 0.3) is 0 Å². The molecule has 1 saturated carbocycles. The predicted octanol–water partition coefficient (Wildman–Crippen LogP) is 5.37. The van der Waals surface area contributed by atoms with E-state index in [0.29, 0.717) is 5.92 Å². The van der Waals surface area contributed by atoms with Crippen molar-refractivity contribution in [1.29, 1.82) is 0 Å². The molecule has 0 aromatic heterocycles. The summed E-state index contributed by atoms with van der Waals surface area (Å²) >= 11 is 7.05. The third kappa shape index (κ3) is 3.54. The number of benzene rings is 1. The van der Waals surface area contributed by atoms with E-state index in [-0.39, 0.29) is 5.60 Å². The van der Waals surface area contributed by atoms with Gasteiger partial charge >= 0.3 is 0 Å². The summed E-state index contributed by atoms with van der Waals surface area (Å²) in [5, 5.41) is 10.8. The second-order valence-electron chi connectivity index (χ2n) is 6.46. The fourth-order valence-electron chi connectivity index (χ4n) is 3.88. The molecule has 4 heteroatoms. The molecule has 0 amide bonds. The molecule has 1 heterocycles. The van der Waals surface area contributed by atoms with E-state index >= 15 is 0 Å². The van der Waals surface area contributed by atoms with Gasteiger partial charge in [-0.3, -0.25) is 0 Å². The number of aliphatic hydroxyl groups excluding tert-OH is 1. The molecule has 1 N–H and O–H groups in total. The van der Waals surface area contributed by atoms with E-state index in [1.54, 1.807) is 0 Å². The van der Waals surface area contributed by atoms with Gasteiger partial charge in [-0.15, -0.1) is 0 Å². The molecule has 0 bridgehead atoms. The highest BCUT2D eigenvalue weighted by Gasteiger charge is 2.41. The molecular weight excluding hydrogens is 396 g/mol. The summed E-state index contributed by atoms with van der Waals surface area (Å²) in [6.45, 7) is 0.788. The summed E-state index contributed by atoms with van der Waals surface area (Å²) in [7, 11) is 0. The lowest BCUT2D eigenvalue weighted by Gasteiger charge is -2.44.